The number of nitrogens with zero attached hydrogens (tertiary/aromatic N) is 3. The number of rotatable bonds is 5. The second kappa shape index (κ2) is 6.31. The van der Waals surface area contributed by atoms with Gasteiger partial charge in [-0.2, -0.15) is 5.10 Å². The van der Waals surface area contributed by atoms with Crippen LogP contribution in [0.15, 0.2) is 36.5 Å². The molecular formula is C18H18FN3O3. The molecule has 130 valence electrons. The van der Waals surface area contributed by atoms with Crippen molar-refractivity contribution in [3.05, 3.63) is 48.0 Å². The molecule has 25 heavy (non-hydrogen) atoms. The molecule has 7 heteroatoms. The molecule has 6 nitrogen and oxygen atoms in total. The molecule has 1 amide bonds. The van der Waals surface area contributed by atoms with Gasteiger partial charge in [-0.15, -0.1) is 0 Å². The van der Waals surface area contributed by atoms with Gasteiger partial charge < -0.3 is 9.64 Å². The summed E-state index contributed by atoms with van der Waals surface area (Å²) in [5, 5.41) is 4.08. The summed E-state index contributed by atoms with van der Waals surface area (Å²) in [4.78, 5) is 26.0. The summed E-state index contributed by atoms with van der Waals surface area (Å²) >= 11 is 0. The maximum atomic E-state index is 13.8. The Morgan fingerprint density at radius 3 is 2.84 bits per heavy atom. The van der Waals surface area contributed by atoms with Crippen molar-refractivity contribution in [3.8, 4) is 5.69 Å². The number of ether oxygens (including phenoxy) is 1. The highest BCUT2D eigenvalue weighted by molar-refractivity contribution is 5.87. The second-order valence-electron chi connectivity index (χ2n) is 6.54. The standard InChI is InChI=1S/C18H18FN3O3/c19-14-3-1-2-4-16(14)22-8-7-15(20-22)18(24)25-11-12-9-17(23)21(10-12)13-5-6-13/h1-4,7-8,12-13H,5-6,9-11H2/t12-/m0/s1. The summed E-state index contributed by atoms with van der Waals surface area (Å²) in [5.41, 5.74) is 0.384. The van der Waals surface area contributed by atoms with Crippen LogP contribution in [0.5, 0.6) is 0 Å². The van der Waals surface area contributed by atoms with Gasteiger partial charge >= 0.3 is 5.97 Å². The maximum Gasteiger partial charge on any atom is 0.358 e. The van der Waals surface area contributed by atoms with Crippen LogP contribution in [0.1, 0.15) is 29.8 Å². The van der Waals surface area contributed by atoms with Crippen molar-refractivity contribution in [2.75, 3.05) is 13.2 Å². The smallest absolute Gasteiger partial charge is 0.358 e. The number of aromatic nitrogens is 2. The Labute approximate surface area is 144 Å². The van der Waals surface area contributed by atoms with E-state index in [9.17, 15) is 14.0 Å². The molecule has 1 saturated heterocycles. The van der Waals surface area contributed by atoms with Gasteiger partial charge in [0.1, 0.15) is 11.5 Å². The van der Waals surface area contributed by atoms with E-state index in [-0.39, 0.29) is 29.8 Å². The summed E-state index contributed by atoms with van der Waals surface area (Å²) in [7, 11) is 0. The number of esters is 1. The minimum atomic E-state index is -0.563. The maximum absolute atomic E-state index is 13.8. The summed E-state index contributed by atoms with van der Waals surface area (Å²) in [6.45, 7) is 0.848. The molecule has 0 spiro atoms. The normalized spacial score (nSPS) is 20.1. The highest BCUT2D eigenvalue weighted by Gasteiger charge is 2.39. The van der Waals surface area contributed by atoms with E-state index in [1.807, 2.05) is 4.90 Å². The monoisotopic (exact) mass is 343 g/mol. The largest absolute Gasteiger partial charge is 0.461 e. The van der Waals surface area contributed by atoms with Crippen molar-refractivity contribution in [2.24, 2.45) is 5.92 Å². The Bertz CT molecular complexity index is 815. The molecule has 1 aliphatic heterocycles. The van der Waals surface area contributed by atoms with E-state index in [2.05, 4.69) is 5.10 Å². The van der Waals surface area contributed by atoms with E-state index in [0.29, 0.717) is 19.0 Å². The van der Waals surface area contributed by atoms with Crippen LogP contribution in [0.2, 0.25) is 0 Å². The van der Waals surface area contributed by atoms with Gasteiger partial charge in [0.2, 0.25) is 5.91 Å². The van der Waals surface area contributed by atoms with Crippen LogP contribution in [-0.4, -0.2) is 45.8 Å². The van der Waals surface area contributed by atoms with E-state index in [0.717, 1.165) is 12.8 Å². The number of halogens is 1. The molecule has 1 aliphatic carbocycles. The predicted octanol–water partition coefficient (Wildman–Crippen LogP) is 2.18. The third kappa shape index (κ3) is 3.26. The van der Waals surface area contributed by atoms with Gasteiger partial charge in [-0.1, -0.05) is 12.1 Å². The molecule has 1 atom stereocenters. The molecule has 0 bridgehead atoms. The lowest BCUT2D eigenvalue weighted by atomic mass is 10.1. The molecule has 2 aromatic rings. The van der Waals surface area contributed by atoms with Crippen molar-refractivity contribution in [1.29, 1.82) is 0 Å². The van der Waals surface area contributed by atoms with E-state index in [1.54, 1.807) is 18.2 Å². The van der Waals surface area contributed by atoms with E-state index < -0.39 is 11.8 Å². The molecule has 2 fully saturated rings. The van der Waals surface area contributed by atoms with Gasteiger partial charge in [-0.25, -0.2) is 13.9 Å². The summed E-state index contributed by atoms with van der Waals surface area (Å²) < 4.78 is 20.4. The Kier molecular flexibility index (Phi) is 3.99. The second-order valence-corrected chi connectivity index (χ2v) is 6.54. The fourth-order valence-electron chi connectivity index (χ4n) is 3.13. The Hall–Kier alpha value is -2.70. The van der Waals surface area contributed by atoms with Crippen LogP contribution < -0.4 is 0 Å². The number of para-hydroxylation sites is 1. The highest BCUT2D eigenvalue weighted by Crippen LogP contribution is 2.32. The fourth-order valence-corrected chi connectivity index (χ4v) is 3.13. The first-order valence-electron chi connectivity index (χ1n) is 8.39. The fraction of sp³-hybridized carbons (Fsp3) is 0.389. The quantitative estimate of drug-likeness (QED) is 0.781. The van der Waals surface area contributed by atoms with Gasteiger partial charge in [0.15, 0.2) is 5.69 Å². The number of hydrogen-bond acceptors (Lipinski definition) is 4. The van der Waals surface area contributed by atoms with Crippen LogP contribution >= 0.6 is 0 Å². The molecule has 1 aromatic heterocycles. The Balaban J connectivity index is 1.36. The predicted molar refractivity (Wildman–Crippen MR) is 86.6 cm³/mol. The number of amides is 1. The topological polar surface area (TPSA) is 64.4 Å². The first kappa shape index (κ1) is 15.8. The molecule has 4 rings (SSSR count). The molecule has 0 unspecified atom stereocenters. The van der Waals surface area contributed by atoms with Crippen LogP contribution in [0.4, 0.5) is 4.39 Å². The molecule has 0 N–H and O–H groups in total. The lowest BCUT2D eigenvalue weighted by Crippen LogP contribution is -2.28. The Morgan fingerprint density at radius 2 is 2.08 bits per heavy atom. The third-order valence-corrected chi connectivity index (χ3v) is 4.57. The molecule has 2 aliphatic rings. The van der Waals surface area contributed by atoms with Gasteiger partial charge in [0.05, 0.1) is 6.61 Å². The minimum absolute atomic E-state index is 0.0331. The number of benzene rings is 1. The molecule has 1 aromatic carbocycles. The zero-order valence-corrected chi connectivity index (χ0v) is 13.6. The van der Waals surface area contributed by atoms with Crippen molar-refractivity contribution >= 4 is 11.9 Å². The lowest BCUT2D eigenvalue weighted by molar-refractivity contribution is -0.128. The van der Waals surface area contributed by atoms with Crippen molar-refractivity contribution in [1.82, 2.24) is 14.7 Å². The number of hydrogen-bond donors (Lipinski definition) is 0. The zero-order valence-electron chi connectivity index (χ0n) is 13.6. The number of likely N-dealkylation sites (tertiary alicyclic amines) is 1. The minimum Gasteiger partial charge on any atom is -0.461 e. The van der Waals surface area contributed by atoms with Crippen LogP contribution in [0.3, 0.4) is 0 Å². The van der Waals surface area contributed by atoms with Crippen molar-refractivity contribution in [3.63, 3.8) is 0 Å². The average molecular weight is 343 g/mol. The van der Waals surface area contributed by atoms with Gasteiger partial charge in [0.25, 0.3) is 0 Å². The van der Waals surface area contributed by atoms with E-state index in [4.69, 9.17) is 4.74 Å². The highest BCUT2D eigenvalue weighted by atomic mass is 19.1. The summed E-state index contributed by atoms with van der Waals surface area (Å²) in [6.07, 6.45) is 4.09. The number of carbonyl (C=O) groups is 2. The molecular weight excluding hydrogens is 325 g/mol. The molecule has 2 heterocycles. The number of carbonyl (C=O) groups excluding carboxylic acids is 2. The lowest BCUT2D eigenvalue weighted by Gasteiger charge is -2.15. The van der Waals surface area contributed by atoms with Crippen molar-refractivity contribution in [2.45, 2.75) is 25.3 Å². The van der Waals surface area contributed by atoms with Crippen molar-refractivity contribution < 1.29 is 18.7 Å². The first-order chi connectivity index (χ1) is 12.1. The SMILES string of the molecule is O=C(OC[C@H]1CC(=O)N(C2CC2)C1)c1ccn(-c2ccccc2F)n1. The van der Waals surface area contributed by atoms with E-state index >= 15 is 0 Å². The van der Waals surface area contributed by atoms with Gasteiger partial charge in [-0.3, -0.25) is 4.79 Å². The third-order valence-electron chi connectivity index (χ3n) is 4.57. The zero-order chi connectivity index (χ0) is 17.4. The molecule has 0 radical (unpaired) electrons. The Morgan fingerprint density at radius 1 is 1.28 bits per heavy atom. The van der Waals surface area contributed by atoms with Gasteiger partial charge in [-0.05, 0) is 31.0 Å². The van der Waals surface area contributed by atoms with Crippen LogP contribution in [0, 0.1) is 11.7 Å². The van der Waals surface area contributed by atoms with Crippen LogP contribution in [0.25, 0.3) is 5.69 Å². The summed E-state index contributed by atoms with van der Waals surface area (Å²) in [5.74, 6) is -0.805. The summed E-state index contributed by atoms with van der Waals surface area (Å²) in [6, 6.07) is 8.08. The molecule has 1 saturated carbocycles. The van der Waals surface area contributed by atoms with Gasteiger partial charge in [0, 0.05) is 31.1 Å². The first-order valence-corrected chi connectivity index (χ1v) is 8.39. The average Bonchev–Trinajstić information content (AvgIpc) is 3.20. The van der Waals surface area contributed by atoms with E-state index in [1.165, 1.54) is 23.0 Å². The van der Waals surface area contributed by atoms with Crippen LogP contribution in [-0.2, 0) is 9.53 Å².